The Morgan fingerprint density at radius 3 is 2.00 bits per heavy atom. The molecule has 0 aromatic heterocycles. The fraction of sp³-hybridized carbons (Fsp3) is 0.0435. The third kappa shape index (κ3) is 1.67. The quantitative estimate of drug-likeness (QED) is 0.416. The molecule has 2 heterocycles. The van der Waals surface area contributed by atoms with E-state index in [0.29, 0.717) is 0 Å². The second-order valence-corrected chi connectivity index (χ2v) is 6.53. The van der Waals surface area contributed by atoms with Crippen molar-refractivity contribution in [1.82, 2.24) is 0 Å². The first kappa shape index (κ1) is 13.8. The van der Waals surface area contributed by atoms with Crippen LogP contribution in [0.5, 0.6) is 23.0 Å². The SMILES string of the molecule is c1ccc2c(c1)OC1(O2)c2ccccc2Oc2ccc3ccccc3c21. The van der Waals surface area contributed by atoms with Crippen molar-refractivity contribution >= 4 is 10.8 Å². The van der Waals surface area contributed by atoms with Crippen molar-refractivity contribution in [3.05, 3.63) is 96.1 Å². The molecule has 0 unspecified atom stereocenters. The third-order valence-corrected chi connectivity index (χ3v) is 5.04. The number of benzene rings is 4. The second-order valence-electron chi connectivity index (χ2n) is 6.53. The summed E-state index contributed by atoms with van der Waals surface area (Å²) in [5, 5.41) is 2.18. The predicted octanol–water partition coefficient (Wildman–Crippen LogP) is 5.62. The van der Waals surface area contributed by atoms with Crippen LogP contribution in [0.1, 0.15) is 11.1 Å². The van der Waals surface area contributed by atoms with Gasteiger partial charge in [0, 0.05) is 0 Å². The van der Waals surface area contributed by atoms with Crippen LogP contribution in [0.3, 0.4) is 0 Å². The number of hydrogen-bond acceptors (Lipinski definition) is 3. The van der Waals surface area contributed by atoms with Gasteiger partial charge in [0.25, 0.3) is 0 Å². The number of rotatable bonds is 0. The molecule has 0 aliphatic carbocycles. The molecule has 0 saturated carbocycles. The molecule has 26 heavy (non-hydrogen) atoms. The van der Waals surface area contributed by atoms with Crippen LogP contribution in [0.15, 0.2) is 84.9 Å². The lowest BCUT2D eigenvalue weighted by Crippen LogP contribution is -2.39. The summed E-state index contributed by atoms with van der Waals surface area (Å²) in [6.45, 7) is 0. The van der Waals surface area contributed by atoms with Gasteiger partial charge in [-0.3, -0.25) is 0 Å². The van der Waals surface area contributed by atoms with E-state index in [4.69, 9.17) is 14.2 Å². The number of ether oxygens (including phenoxy) is 3. The highest BCUT2D eigenvalue weighted by Gasteiger charge is 2.52. The van der Waals surface area contributed by atoms with Crippen molar-refractivity contribution in [3.8, 4) is 23.0 Å². The molecule has 0 atom stereocenters. The molecule has 2 aliphatic rings. The summed E-state index contributed by atoms with van der Waals surface area (Å²) in [5.74, 6) is 1.94. The van der Waals surface area contributed by atoms with Crippen LogP contribution in [0.4, 0.5) is 0 Å². The molecule has 0 radical (unpaired) electrons. The Morgan fingerprint density at radius 2 is 1.19 bits per heavy atom. The van der Waals surface area contributed by atoms with Gasteiger partial charge in [-0.05, 0) is 41.1 Å². The molecule has 0 amide bonds. The van der Waals surface area contributed by atoms with Crippen LogP contribution < -0.4 is 14.2 Å². The lowest BCUT2D eigenvalue weighted by molar-refractivity contribution is -0.0515. The van der Waals surface area contributed by atoms with E-state index in [2.05, 4.69) is 18.2 Å². The van der Waals surface area contributed by atoms with E-state index in [1.165, 1.54) is 0 Å². The van der Waals surface area contributed by atoms with E-state index < -0.39 is 5.79 Å². The van der Waals surface area contributed by atoms with E-state index in [1.807, 2.05) is 66.7 Å². The Labute approximate surface area is 150 Å². The largest absolute Gasteiger partial charge is 0.456 e. The van der Waals surface area contributed by atoms with Gasteiger partial charge in [-0.1, -0.05) is 54.6 Å². The first-order valence-corrected chi connectivity index (χ1v) is 8.62. The van der Waals surface area contributed by atoms with Gasteiger partial charge in [-0.2, -0.15) is 0 Å². The lowest BCUT2D eigenvalue weighted by atomic mass is 9.89. The Kier molecular flexibility index (Phi) is 2.54. The zero-order valence-corrected chi connectivity index (χ0v) is 13.8. The molecular weight excluding hydrogens is 324 g/mol. The van der Waals surface area contributed by atoms with Gasteiger partial charge in [0.2, 0.25) is 0 Å². The summed E-state index contributed by atoms with van der Waals surface area (Å²) in [7, 11) is 0. The molecule has 0 bridgehead atoms. The van der Waals surface area contributed by atoms with Crippen molar-refractivity contribution < 1.29 is 14.2 Å². The summed E-state index contributed by atoms with van der Waals surface area (Å²) in [6.07, 6.45) is 0. The van der Waals surface area contributed by atoms with Crippen LogP contribution in [0, 0.1) is 0 Å². The highest BCUT2D eigenvalue weighted by Crippen LogP contribution is 2.56. The van der Waals surface area contributed by atoms with E-state index in [1.54, 1.807) is 0 Å². The third-order valence-electron chi connectivity index (χ3n) is 5.04. The van der Waals surface area contributed by atoms with Crippen molar-refractivity contribution in [2.75, 3.05) is 0 Å². The van der Waals surface area contributed by atoms with Crippen LogP contribution in [0.25, 0.3) is 10.8 Å². The summed E-state index contributed by atoms with van der Waals surface area (Å²) in [5.41, 5.74) is 1.78. The maximum atomic E-state index is 6.49. The maximum absolute atomic E-state index is 6.49. The summed E-state index contributed by atoms with van der Waals surface area (Å²) < 4.78 is 19.2. The Morgan fingerprint density at radius 1 is 0.538 bits per heavy atom. The highest BCUT2D eigenvalue weighted by atomic mass is 16.7. The average Bonchev–Trinajstić information content (AvgIpc) is 3.07. The molecule has 4 aromatic rings. The predicted molar refractivity (Wildman–Crippen MR) is 98.9 cm³/mol. The van der Waals surface area contributed by atoms with Crippen LogP contribution in [-0.2, 0) is 5.79 Å². The van der Waals surface area contributed by atoms with Crippen molar-refractivity contribution in [2.45, 2.75) is 5.79 Å². The van der Waals surface area contributed by atoms with Crippen LogP contribution in [0.2, 0.25) is 0 Å². The van der Waals surface area contributed by atoms with Gasteiger partial charge in [0.1, 0.15) is 11.5 Å². The van der Waals surface area contributed by atoms with E-state index in [0.717, 1.165) is 44.9 Å². The van der Waals surface area contributed by atoms with E-state index >= 15 is 0 Å². The molecule has 2 aliphatic heterocycles. The maximum Gasteiger partial charge on any atom is 0.313 e. The topological polar surface area (TPSA) is 27.7 Å². The van der Waals surface area contributed by atoms with Gasteiger partial charge < -0.3 is 14.2 Å². The van der Waals surface area contributed by atoms with Crippen LogP contribution >= 0.6 is 0 Å². The van der Waals surface area contributed by atoms with Gasteiger partial charge in [-0.15, -0.1) is 0 Å². The van der Waals surface area contributed by atoms with E-state index in [9.17, 15) is 0 Å². The van der Waals surface area contributed by atoms with Gasteiger partial charge in [0.15, 0.2) is 11.5 Å². The fourth-order valence-corrected chi connectivity index (χ4v) is 3.92. The average molecular weight is 338 g/mol. The smallest absolute Gasteiger partial charge is 0.313 e. The van der Waals surface area contributed by atoms with Crippen molar-refractivity contribution in [1.29, 1.82) is 0 Å². The first-order valence-electron chi connectivity index (χ1n) is 8.62. The fourth-order valence-electron chi connectivity index (χ4n) is 3.92. The molecular formula is C23H14O3. The summed E-state index contributed by atoms with van der Waals surface area (Å²) >= 11 is 0. The van der Waals surface area contributed by atoms with Crippen LogP contribution in [-0.4, -0.2) is 0 Å². The molecule has 6 rings (SSSR count). The summed E-state index contributed by atoms with van der Waals surface area (Å²) in [4.78, 5) is 0. The minimum Gasteiger partial charge on any atom is -0.456 e. The minimum absolute atomic E-state index is 0.739. The lowest BCUT2D eigenvalue weighted by Gasteiger charge is -2.35. The summed E-state index contributed by atoms with van der Waals surface area (Å²) in [6, 6.07) is 28.0. The Bertz CT molecular complexity index is 1150. The minimum atomic E-state index is -1.05. The molecule has 0 saturated heterocycles. The number of para-hydroxylation sites is 3. The molecule has 3 nitrogen and oxygen atoms in total. The molecule has 124 valence electrons. The first-order chi connectivity index (χ1) is 12.9. The van der Waals surface area contributed by atoms with Gasteiger partial charge in [-0.25, -0.2) is 0 Å². The second kappa shape index (κ2) is 4.79. The molecule has 1 spiro atoms. The van der Waals surface area contributed by atoms with Gasteiger partial charge >= 0.3 is 5.79 Å². The number of fused-ring (bicyclic) bond motifs is 7. The normalized spacial score (nSPS) is 15.4. The van der Waals surface area contributed by atoms with Crippen molar-refractivity contribution in [3.63, 3.8) is 0 Å². The van der Waals surface area contributed by atoms with Crippen molar-refractivity contribution in [2.24, 2.45) is 0 Å². The van der Waals surface area contributed by atoms with Gasteiger partial charge in [0.05, 0.1) is 11.1 Å². The zero-order chi connectivity index (χ0) is 17.1. The van der Waals surface area contributed by atoms with E-state index in [-0.39, 0.29) is 0 Å². The molecule has 0 N–H and O–H groups in total. The molecule has 0 fully saturated rings. The highest BCUT2D eigenvalue weighted by molar-refractivity contribution is 5.90. The Balaban J connectivity index is 1.72. The molecule has 4 aromatic carbocycles. The number of hydrogen-bond donors (Lipinski definition) is 0. The monoisotopic (exact) mass is 338 g/mol. The zero-order valence-electron chi connectivity index (χ0n) is 13.8. The standard InChI is InChI=1S/C23H14O3/c1-2-8-16-15(7-1)13-14-21-22(16)23(17-9-3-4-10-18(17)24-21)25-19-11-5-6-12-20(19)26-23/h1-14H. The molecule has 3 heteroatoms. The Hall–Kier alpha value is -3.46.